The molecule has 78 valence electrons. The highest BCUT2D eigenvalue weighted by atomic mass is 16.5. The molecule has 14 heavy (non-hydrogen) atoms. The SMILES string of the molecule is C[C@H](NC(=O)C1=COCCC1)C(=O)O. The van der Waals surface area contributed by atoms with Crippen LogP contribution < -0.4 is 5.32 Å². The monoisotopic (exact) mass is 199 g/mol. The molecule has 1 rings (SSSR count). The van der Waals surface area contributed by atoms with Gasteiger partial charge in [0.2, 0.25) is 0 Å². The standard InChI is InChI=1S/C9H13NO4/c1-6(9(12)13)10-8(11)7-3-2-4-14-5-7/h5-6H,2-4H2,1H3,(H,10,11)(H,12,13)/t6-/m0/s1. The van der Waals surface area contributed by atoms with E-state index in [9.17, 15) is 9.59 Å². The number of amides is 1. The predicted molar refractivity (Wildman–Crippen MR) is 48.5 cm³/mol. The summed E-state index contributed by atoms with van der Waals surface area (Å²) in [6.45, 7) is 2.04. The van der Waals surface area contributed by atoms with Gasteiger partial charge in [-0.15, -0.1) is 0 Å². The number of carboxylic acid groups (broad SMARTS) is 1. The van der Waals surface area contributed by atoms with E-state index in [2.05, 4.69) is 5.32 Å². The Balaban J connectivity index is 2.49. The maximum atomic E-state index is 11.4. The fourth-order valence-corrected chi connectivity index (χ4v) is 1.08. The number of carbonyl (C=O) groups is 2. The third-order valence-electron chi connectivity index (χ3n) is 1.94. The van der Waals surface area contributed by atoms with Crippen LogP contribution in [0, 0.1) is 0 Å². The van der Waals surface area contributed by atoms with Gasteiger partial charge in [0.05, 0.1) is 18.4 Å². The first kappa shape index (κ1) is 10.6. The van der Waals surface area contributed by atoms with Crippen molar-refractivity contribution in [1.29, 1.82) is 0 Å². The molecule has 0 aliphatic carbocycles. The third-order valence-corrected chi connectivity index (χ3v) is 1.94. The van der Waals surface area contributed by atoms with E-state index in [0.717, 1.165) is 6.42 Å². The largest absolute Gasteiger partial charge is 0.501 e. The Morgan fingerprint density at radius 1 is 1.64 bits per heavy atom. The van der Waals surface area contributed by atoms with Crippen LogP contribution in [0.2, 0.25) is 0 Å². The Morgan fingerprint density at radius 3 is 2.86 bits per heavy atom. The summed E-state index contributed by atoms with van der Waals surface area (Å²) in [4.78, 5) is 21.8. The van der Waals surface area contributed by atoms with Crippen molar-refractivity contribution >= 4 is 11.9 Å². The minimum absolute atomic E-state index is 0.361. The van der Waals surface area contributed by atoms with Crippen LogP contribution in [-0.2, 0) is 14.3 Å². The van der Waals surface area contributed by atoms with Crippen LogP contribution in [0.4, 0.5) is 0 Å². The molecule has 2 N–H and O–H groups in total. The minimum Gasteiger partial charge on any atom is -0.501 e. The molecule has 1 heterocycles. The zero-order valence-electron chi connectivity index (χ0n) is 7.95. The molecule has 0 unspecified atom stereocenters. The molecule has 0 aromatic carbocycles. The maximum absolute atomic E-state index is 11.4. The fourth-order valence-electron chi connectivity index (χ4n) is 1.08. The quantitative estimate of drug-likeness (QED) is 0.684. The lowest BCUT2D eigenvalue weighted by atomic mass is 10.1. The van der Waals surface area contributed by atoms with E-state index in [1.807, 2.05) is 0 Å². The van der Waals surface area contributed by atoms with Gasteiger partial charge in [-0.2, -0.15) is 0 Å². The van der Waals surface area contributed by atoms with Crippen molar-refractivity contribution in [3.63, 3.8) is 0 Å². The number of ether oxygens (including phenoxy) is 1. The van der Waals surface area contributed by atoms with Crippen LogP contribution in [0.25, 0.3) is 0 Å². The van der Waals surface area contributed by atoms with Crippen molar-refractivity contribution in [3.8, 4) is 0 Å². The molecule has 5 heteroatoms. The third kappa shape index (κ3) is 2.76. The lowest BCUT2D eigenvalue weighted by Crippen LogP contribution is -2.39. The smallest absolute Gasteiger partial charge is 0.325 e. The van der Waals surface area contributed by atoms with Crippen molar-refractivity contribution in [1.82, 2.24) is 5.32 Å². The number of nitrogens with one attached hydrogen (secondary N) is 1. The second-order valence-electron chi connectivity index (χ2n) is 3.15. The predicted octanol–water partition coefficient (Wildman–Crippen LogP) is 0.270. The number of hydrogen-bond acceptors (Lipinski definition) is 3. The van der Waals surface area contributed by atoms with Gasteiger partial charge in [-0.25, -0.2) is 0 Å². The molecular formula is C9H13NO4. The van der Waals surface area contributed by atoms with E-state index in [1.54, 1.807) is 0 Å². The molecule has 0 spiro atoms. The van der Waals surface area contributed by atoms with Gasteiger partial charge in [-0.1, -0.05) is 0 Å². The molecule has 1 aliphatic rings. The number of hydrogen-bond donors (Lipinski definition) is 2. The van der Waals surface area contributed by atoms with Gasteiger partial charge in [-0.05, 0) is 19.8 Å². The Kier molecular flexibility index (Phi) is 3.50. The number of carbonyl (C=O) groups excluding carboxylic acids is 1. The highest BCUT2D eigenvalue weighted by Crippen LogP contribution is 2.11. The van der Waals surface area contributed by atoms with E-state index in [0.29, 0.717) is 18.6 Å². The average Bonchev–Trinajstić information content (AvgIpc) is 2.19. The summed E-state index contributed by atoms with van der Waals surface area (Å²) in [5.41, 5.74) is 0.504. The summed E-state index contributed by atoms with van der Waals surface area (Å²) in [7, 11) is 0. The molecule has 1 atom stereocenters. The van der Waals surface area contributed by atoms with Crippen LogP contribution in [0.5, 0.6) is 0 Å². The normalized spacial score (nSPS) is 17.6. The van der Waals surface area contributed by atoms with E-state index in [4.69, 9.17) is 9.84 Å². The lowest BCUT2D eigenvalue weighted by molar-refractivity contribution is -0.140. The van der Waals surface area contributed by atoms with Gasteiger partial charge in [0, 0.05) is 0 Å². The van der Waals surface area contributed by atoms with E-state index >= 15 is 0 Å². The van der Waals surface area contributed by atoms with Crippen LogP contribution in [-0.4, -0.2) is 29.6 Å². The Bertz CT molecular complexity index is 272. The molecule has 0 fully saturated rings. The molecule has 1 amide bonds. The summed E-state index contributed by atoms with van der Waals surface area (Å²) in [5.74, 6) is -1.41. The van der Waals surface area contributed by atoms with Crippen molar-refractivity contribution in [2.24, 2.45) is 0 Å². The second kappa shape index (κ2) is 4.64. The lowest BCUT2D eigenvalue weighted by Gasteiger charge is -2.15. The van der Waals surface area contributed by atoms with Crippen molar-refractivity contribution < 1.29 is 19.4 Å². The molecule has 0 aromatic rings. The maximum Gasteiger partial charge on any atom is 0.325 e. The van der Waals surface area contributed by atoms with Gasteiger partial charge in [0.25, 0.3) is 5.91 Å². The summed E-state index contributed by atoms with van der Waals surface area (Å²) in [5, 5.41) is 10.9. The first-order valence-electron chi connectivity index (χ1n) is 4.45. The highest BCUT2D eigenvalue weighted by molar-refractivity contribution is 5.95. The second-order valence-corrected chi connectivity index (χ2v) is 3.15. The van der Waals surface area contributed by atoms with E-state index < -0.39 is 12.0 Å². The minimum atomic E-state index is -1.05. The zero-order chi connectivity index (χ0) is 10.6. The highest BCUT2D eigenvalue weighted by Gasteiger charge is 2.18. The van der Waals surface area contributed by atoms with E-state index in [1.165, 1.54) is 13.2 Å². The van der Waals surface area contributed by atoms with Gasteiger partial charge in [0.1, 0.15) is 6.04 Å². The van der Waals surface area contributed by atoms with Crippen molar-refractivity contribution in [2.45, 2.75) is 25.8 Å². The molecule has 0 bridgehead atoms. The average molecular weight is 199 g/mol. The molecule has 0 aromatic heterocycles. The number of rotatable bonds is 3. The van der Waals surface area contributed by atoms with Crippen LogP contribution in [0.1, 0.15) is 19.8 Å². The topological polar surface area (TPSA) is 75.6 Å². The first-order valence-corrected chi connectivity index (χ1v) is 4.45. The van der Waals surface area contributed by atoms with Gasteiger partial charge in [-0.3, -0.25) is 9.59 Å². The summed E-state index contributed by atoms with van der Waals surface area (Å²) in [6.07, 6.45) is 2.83. The van der Waals surface area contributed by atoms with Crippen molar-refractivity contribution in [3.05, 3.63) is 11.8 Å². The van der Waals surface area contributed by atoms with Crippen LogP contribution >= 0.6 is 0 Å². The Hall–Kier alpha value is -1.52. The summed E-state index contributed by atoms with van der Waals surface area (Å²) in [6, 6.07) is -0.870. The van der Waals surface area contributed by atoms with Gasteiger partial charge < -0.3 is 15.2 Å². The fraction of sp³-hybridized carbons (Fsp3) is 0.556. The molecule has 0 saturated heterocycles. The molecule has 5 nitrogen and oxygen atoms in total. The van der Waals surface area contributed by atoms with Gasteiger partial charge in [0.15, 0.2) is 0 Å². The number of aliphatic carboxylic acids is 1. The van der Waals surface area contributed by atoms with Crippen LogP contribution in [0.15, 0.2) is 11.8 Å². The van der Waals surface area contributed by atoms with Crippen molar-refractivity contribution in [2.75, 3.05) is 6.61 Å². The number of carboxylic acids is 1. The molecule has 0 radical (unpaired) electrons. The summed E-state index contributed by atoms with van der Waals surface area (Å²) >= 11 is 0. The summed E-state index contributed by atoms with van der Waals surface area (Å²) < 4.78 is 4.97. The van der Waals surface area contributed by atoms with Crippen LogP contribution in [0.3, 0.4) is 0 Å². The molecule has 0 saturated carbocycles. The Labute approximate surface area is 81.7 Å². The molecule has 1 aliphatic heterocycles. The van der Waals surface area contributed by atoms with E-state index in [-0.39, 0.29) is 5.91 Å². The van der Waals surface area contributed by atoms with Gasteiger partial charge >= 0.3 is 5.97 Å². The molecular weight excluding hydrogens is 186 g/mol. The first-order chi connectivity index (χ1) is 6.61. The zero-order valence-corrected chi connectivity index (χ0v) is 7.95. The Morgan fingerprint density at radius 2 is 2.36 bits per heavy atom.